The summed E-state index contributed by atoms with van der Waals surface area (Å²) in [6.45, 7) is 3.00. The van der Waals surface area contributed by atoms with Gasteiger partial charge in [0, 0.05) is 0 Å². The summed E-state index contributed by atoms with van der Waals surface area (Å²) in [6, 6.07) is 3.06. The summed E-state index contributed by atoms with van der Waals surface area (Å²) in [6.07, 6.45) is 6.43. The highest BCUT2D eigenvalue weighted by molar-refractivity contribution is 5.57. The highest BCUT2D eigenvalue weighted by Gasteiger charge is 2.40. The lowest BCUT2D eigenvalue weighted by Crippen LogP contribution is -2.20. The summed E-state index contributed by atoms with van der Waals surface area (Å²) >= 11 is 0. The minimum absolute atomic E-state index is 0.0440. The summed E-state index contributed by atoms with van der Waals surface area (Å²) in [5.41, 5.74) is -0.906. The summed E-state index contributed by atoms with van der Waals surface area (Å²) in [5.74, 6) is 0.252. The molecular formula is C24H30F4O. The lowest BCUT2D eigenvalue weighted by molar-refractivity contribution is -0.140. The number of allylic oxidation sites excluding steroid dienone is 1. The van der Waals surface area contributed by atoms with Crippen LogP contribution in [0.15, 0.2) is 18.2 Å². The number of epoxide rings is 1. The third-order valence-corrected chi connectivity index (χ3v) is 7.19. The Balaban J connectivity index is 1.54. The van der Waals surface area contributed by atoms with Crippen LogP contribution < -0.4 is 0 Å². The Labute approximate surface area is 170 Å². The van der Waals surface area contributed by atoms with Crippen LogP contribution in [0.2, 0.25) is 0 Å². The minimum atomic E-state index is -4.69. The average Bonchev–Trinajstić information content (AvgIpc) is 3.52. The second-order valence-electron chi connectivity index (χ2n) is 9.29. The van der Waals surface area contributed by atoms with Crippen molar-refractivity contribution in [1.82, 2.24) is 0 Å². The molecule has 1 heterocycles. The van der Waals surface area contributed by atoms with E-state index in [0.29, 0.717) is 17.9 Å². The standard InChI is InChI=1S/C24H30F4O/c1-15-2-4-16(5-3-15)6-7-19-12-13-20(23(25)22(19)24(26,27)28)17-8-10-18(11-9-17)21-14-29-21/h6-7,12-13,15-18,21H,2-5,8-11,14H2,1H3/b7-6+. The molecule has 1 aromatic rings. The van der Waals surface area contributed by atoms with Crippen molar-refractivity contribution in [2.75, 3.05) is 6.61 Å². The zero-order valence-electron chi connectivity index (χ0n) is 17.0. The van der Waals surface area contributed by atoms with Gasteiger partial charge in [-0.25, -0.2) is 4.39 Å². The van der Waals surface area contributed by atoms with Crippen molar-refractivity contribution in [3.63, 3.8) is 0 Å². The lowest BCUT2D eigenvalue weighted by atomic mass is 9.77. The fourth-order valence-corrected chi connectivity index (χ4v) is 5.20. The molecule has 0 radical (unpaired) electrons. The molecule has 2 saturated carbocycles. The first kappa shape index (κ1) is 20.9. The van der Waals surface area contributed by atoms with Gasteiger partial charge < -0.3 is 4.74 Å². The molecule has 3 aliphatic rings. The van der Waals surface area contributed by atoms with E-state index in [-0.39, 0.29) is 23.0 Å². The predicted octanol–water partition coefficient (Wildman–Crippen LogP) is 7.36. The van der Waals surface area contributed by atoms with Crippen molar-refractivity contribution in [3.8, 4) is 0 Å². The normalized spacial score (nSPS) is 33.2. The highest BCUT2D eigenvalue weighted by atomic mass is 19.4. The van der Waals surface area contributed by atoms with E-state index in [1.807, 2.05) is 6.08 Å². The van der Waals surface area contributed by atoms with Gasteiger partial charge in [-0.2, -0.15) is 13.2 Å². The number of alkyl halides is 3. The second-order valence-corrected chi connectivity index (χ2v) is 9.29. The second kappa shape index (κ2) is 8.41. The molecule has 1 nitrogen and oxygen atoms in total. The molecule has 1 unspecified atom stereocenters. The van der Waals surface area contributed by atoms with Gasteiger partial charge in [0.2, 0.25) is 0 Å². The van der Waals surface area contributed by atoms with Crippen molar-refractivity contribution in [2.45, 2.75) is 76.5 Å². The van der Waals surface area contributed by atoms with E-state index in [0.717, 1.165) is 58.0 Å². The van der Waals surface area contributed by atoms with Crippen LogP contribution in [-0.2, 0) is 10.9 Å². The Morgan fingerprint density at radius 2 is 1.62 bits per heavy atom. The number of halogens is 4. The van der Waals surface area contributed by atoms with E-state index < -0.39 is 17.6 Å². The van der Waals surface area contributed by atoms with Crippen LogP contribution in [0.5, 0.6) is 0 Å². The van der Waals surface area contributed by atoms with E-state index in [4.69, 9.17) is 4.74 Å². The monoisotopic (exact) mass is 410 g/mol. The molecule has 1 aliphatic heterocycles. The molecule has 4 rings (SSSR count). The van der Waals surface area contributed by atoms with E-state index in [1.54, 1.807) is 6.07 Å². The Morgan fingerprint density at radius 1 is 0.966 bits per heavy atom. The Morgan fingerprint density at radius 3 is 2.21 bits per heavy atom. The summed E-state index contributed by atoms with van der Waals surface area (Å²) < 4.78 is 61.7. The maximum Gasteiger partial charge on any atom is 0.419 e. The molecule has 1 aromatic carbocycles. The van der Waals surface area contributed by atoms with Crippen molar-refractivity contribution in [3.05, 3.63) is 40.7 Å². The topological polar surface area (TPSA) is 12.5 Å². The van der Waals surface area contributed by atoms with Gasteiger partial charge in [0.15, 0.2) is 0 Å². The average molecular weight is 410 g/mol. The van der Waals surface area contributed by atoms with Gasteiger partial charge in [-0.15, -0.1) is 0 Å². The molecule has 5 heteroatoms. The van der Waals surface area contributed by atoms with Crippen LogP contribution in [-0.4, -0.2) is 12.7 Å². The molecule has 3 fully saturated rings. The van der Waals surface area contributed by atoms with E-state index in [9.17, 15) is 13.2 Å². The molecule has 0 aromatic heterocycles. The van der Waals surface area contributed by atoms with E-state index in [1.165, 1.54) is 12.1 Å². The first-order valence-corrected chi connectivity index (χ1v) is 11.0. The number of hydrogen-bond donors (Lipinski definition) is 0. The number of ether oxygens (including phenoxy) is 1. The third kappa shape index (κ3) is 4.87. The van der Waals surface area contributed by atoms with Gasteiger partial charge >= 0.3 is 6.18 Å². The minimum Gasteiger partial charge on any atom is -0.373 e. The van der Waals surface area contributed by atoms with Crippen LogP contribution in [0.3, 0.4) is 0 Å². The molecule has 29 heavy (non-hydrogen) atoms. The van der Waals surface area contributed by atoms with Gasteiger partial charge in [-0.05, 0) is 73.3 Å². The summed E-state index contributed by atoms with van der Waals surface area (Å²) in [7, 11) is 0. The van der Waals surface area contributed by atoms with Crippen LogP contribution >= 0.6 is 0 Å². The van der Waals surface area contributed by atoms with E-state index in [2.05, 4.69) is 6.92 Å². The smallest absolute Gasteiger partial charge is 0.373 e. The van der Waals surface area contributed by atoms with Gasteiger partial charge in [0.1, 0.15) is 5.82 Å². The fraction of sp³-hybridized carbons (Fsp3) is 0.667. The molecule has 160 valence electrons. The SMILES string of the molecule is CC1CCC(/C=C/c2ccc(C3CCC(C4CO4)CC3)c(F)c2C(F)(F)F)CC1. The lowest BCUT2D eigenvalue weighted by Gasteiger charge is -2.29. The first-order valence-electron chi connectivity index (χ1n) is 11.0. The number of rotatable bonds is 4. The Hall–Kier alpha value is -1.36. The van der Waals surface area contributed by atoms with Crippen molar-refractivity contribution in [1.29, 1.82) is 0 Å². The highest BCUT2D eigenvalue weighted by Crippen LogP contribution is 2.44. The third-order valence-electron chi connectivity index (χ3n) is 7.19. The van der Waals surface area contributed by atoms with Crippen molar-refractivity contribution in [2.24, 2.45) is 17.8 Å². The molecule has 0 spiro atoms. The Kier molecular flexibility index (Phi) is 6.06. The molecular weight excluding hydrogens is 380 g/mol. The summed E-state index contributed by atoms with van der Waals surface area (Å²) in [5, 5.41) is 0. The maximum absolute atomic E-state index is 15.1. The zero-order valence-corrected chi connectivity index (χ0v) is 17.0. The van der Waals surface area contributed by atoms with Crippen molar-refractivity contribution < 1.29 is 22.3 Å². The van der Waals surface area contributed by atoms with Gasteiger partial charge in [0.05, 0.1) is 18.3 Å². The number of benzene rings is 1. The van der Waals surface area contributed by atoms with Gasteiger partial charge in [0.25, 0.3) is 0 Å². The van der Waals surface area contributed by atoms with Crippen LogP contribution in [0, 0.1) is 23.6 Å². The van der Waals surface area contributed by atoms with Gasteiger partial charge in [-0.1, -0.05) is 44.1 Å². The molecule has 0 bridgehead atoms. The molecule has 1 saturated heterocycles. The first-order chi connectivity index (χ1) is 13.8. The molecule has 0 amide bonds. The van der Waals surface area contributed by atoms with Gasteiger partial charge in [-0.3, -0.25) is 0 Å². The summed E-state index contributed by atoms with van der Waals surface area (Å²) in [4.78, 5) is 0. The quantitative estimate of drug-likeness (QED) is 0.373. The predicted molar refractivity (Wildman–Crippen MR) is 106 cm³/mol. The van der Waals surface area contributed by atoms with Crippen molar-refractivity contribution >= 4 is 6.08 Å². The molecule has 2 aliphatic carbocycles. The molecule has 1 atom stereocenters. The zero-order chi connectivity index (χ0) is 20.6. The van der Waals surface area contributed by atoms with Crippen LogP contribution in [0.4, 0.5) is 17.6 Å². The van der Waals surface area contributed by atoms with Crippen LogP contribution in [0.1, 0.15) is 80.9 Å². The Bertz CT molecular complexity index is 734. The number of hydrogen-bond acceptors (Lipinski definition) is 1. The van der Waals surface area contributed by atoms with Crippen LogP contribution in [0.25, 0.3) is 6.08 Å². The maximum atomic E-state index is 15.1. The fourth-order valence-electron chi connectivity index (χ4n) is 5.20. The largest absolute Gasteiger partial charge is 0.419 e. The van der Waals surface area contributed by atoms with E-state index >= 15 is 4.39 Å². The molecule has 0 N–H and O–H groups in total.